The molecule has 0 aliphatic heterocycles. The van der Waals surface area contributed by atoms with Gasteiger partial charge < -0.3 is 14.9 Å². The third-order valence-corrected chi connectivity index (χ3v) is 6.26. The zero-order chi connectivity index (χ0) is 23.2. The molecule has 11 heteroatoms. The molecule has 1 aromatic carbocycles. The second-order valence-corrected chi connectivity index (χ2v) is 8.63. The van der Waals surface area contributed by atoms with Gasteiger partial charge in [-0.3, -0.25) is 4.79 Å². The van der Waals surface area contributed by atoms with E-state index in [9.17, 15) is 18.7 Å². The van der Waals surface area contributed by atoms with Gasteiger partial charge >= 0.3 is 0 Å². The first-order chi connectivity index (χ1) is 15.2. The lowest BCUT2D eigenvalue weighted by molar-refractivity contribution is 0.0936. The first-order valence-corrected chi connectivity index (χ1v) is 10.7. The fourth-order valence-electron chi connectivity index (χ4n) is 3.22. The minimum absolute atomic E-state index is 0.104. The Morgan fingerprint density at radius 1 is 1.25 bits per heavy atom. The minimum Gasteiger partial charge on any atom is -0.391 e. The van der Waals surface area contributed by atoms with Crippen LogP contribution < -0.4 is 5.32 Å². The van der Waals surface area contributed by atoms with Crippen molar-refractivity contribution in [2.45, 2.75) is 45.9 Å². The van der Waals surface area contributed by atoms with E-state index in [0.29, 0.717) is 20.9 Å². The van der Waals surface area contributed by atoms with E-state index in [0.717, 1.165) is 23.5 Å². The SMILES string of the molecule is Cc1noc([C@@H](C)NC(=O)c2cc3c(-c4ccc(F)cc4F)nn(C(C)C(C)O)c3s2)n1. The second-order valence-electron chi connectivity index (χ2n) is 7.60. The molecule has 0 fully saturated rings. The number of aromatic nitrogens is 4. The van der Waals surface area contributed by atoms with Gasteiger partial charge in [0.2, 0.25) is 5.89 Å². The van der Waals surface area contributed by atoms with Gasteiger partial charge in [0.05, 0.1) is 17.0 Å². The number of thiophene rings is 1. The summed E-state index contributed by atoms with van der Waals surface area (Å²) < 4.78 is 34.6. The molecule has 0 spiro atoms. The molecule has 0 bridgehead atoms. The molecular formula is C21H21F2N5O3S. The number of carbonyl (C=O) groups excluding carboxylic acids is 1. The Morgan fingerprint density at radius 3 is 2.62 bits per heavy atom. The number of aliphatic hydroxyl groups is 1. The van der Waals surface area contributed by atoms with Gasteiger partial charge in [-0.1, -0.05) is 5.16 Å². The molecule has 4 aromatic rings. The summed E-state index contributed by atoms with van der Waals surface area (Å²) in [5.74, 6) is -1.11. The molecule has 2 unspecified atom stereocenters. The lowest BCUT2D eigenvalue weighted by Gasteiger charge is -2.15. The van der Waals surface area contributed by atoms with Gasteiger partial charge in [0, 0.05) is 17.0 Å². The van der Waals surface area contributed by atoms with Crippen LogP contribution in [0, 0.1) is 18.6 Å². The molecule has 2 N–H and O–H groups in total. The van der Waals surface area contributed by atoms with E-state index in [4.69, 9.17) is 4.52 Å². The van der Waals surface area contributed by atoms with Gasteiger partial charge in [0.1, 0.15) is 28.2 Å². The van der Waals surface area contributed by atoms with Crippen molar-refractivity contribution < 1.29 is 23.2 Å². The third kappa shape index (κ3) is 4.00. The molecule has 0 saturated carbocycles. The van der Waals surface area contributed by atoms with Crippen LogP contribution in [0.1, 0.15) is 54.2 Å². The van der Waals surface area contributed by atoms with Crippen molar-refractivity contribution in [3.8, 4) is 11.3 Å². The fourth-order valence-corrected chi connectivity index (χ4v) is 4.32. The molecule has 3 atom stereocenters. The number of benzene rings is 1. The van der Waals surface area contributed by atoms with Crippen molar-refractivity contribution in [2.24, 2.45) is 0 Å². The van der Waals surface area contributed by atoms with E-state index in [1.807, 2.05) is 0 Å². The topological polar surface area (TPSA) is 106 Å². The molecule has 1 amide bonds. The monoisotopic (exact) mass is 461 g/mol. The van der Waals surface area contributed by atoms with E-state index in [-0.39, 0.29) is 23.1 Å². The van der Waals surface area contributed by atoms with Crippen molar-refractivity contribution in [3.05, 3.63) is 52.5 Å². The summed E-state index contributed by atoms with van der Waals surface area (Å²) in [7, 11) is 0. The maximum absolute atomic E-state index is 14.5. The average Bonchev–Trinajstić information content (AvgIpc) is 3.42. The Kier molecular flexibility index (Phi) is 5.78. The van der Waals surface area contributed by atoms with E-state index in [1.165, 1.54) is 6.07 Å². The summed E-state index contributed by atoms with van der Waals surface area (Å²) in [6, 6.07) is 3.89. The summed E-state index contributed by atoms with van der Waals surface area (Å²) >= 11 is 1.16. The van der Waals surface area contributed by atoms with Crippen molar-refractivity contribution >= 4 is 27.5 Å². The predicted octanol–water partition coefficient (Wildman–Crippen LogP) is 4.17. The van der Waals surface area contributed by atoms with Crippen LogP contribution in [-0.2, 0) is 0 Å². The molecule has 0 aliphatic rings. The zero-order valence-electron chi connectivity index (χ0n) is 17.8. The lowest BCUT2D eigenvalue weighted by atomic mass is 10.1. The van der Waals surface area contributed by atoms with Crippen LogP contribution in [0.15, 0.2) is 28.8 Å². The molecule has 3 heterocycles. The van der Waals surface area contributed by atoms with Gasteiger partial charge in [-0.2, -0.15) is 10.1 Å². The van der Waals surface area contributed by atoms with Crippen LogP contribution in [0.4, 0.5) is 8.78 Å². The number of halogens is 2. The Morgan fingerprint density at radius 2 is 2.00 bits per heavy atom. The summed E-state index contributed by atoms with van der Waals surface area (Å²) in [6.45, 7) is 6.78. The average molecular weight is 461 g/mol. The molecule has 0 aliphatic carbocycles. The molecule has 3 aromatic heterocycles. The van der Waals surface area contributed by atoms with Crippen LogP contribution >= 0.6 is 11.3 Å². The number of carbonyl (C=O) groups is 1. The quantitative estimate of drug-likeness (QED) is 0.447. The number of amides is 1. The normalized spacial score (nSPS) is 14.5. The molecular weight excluding hydrogens is 440 g/mol. The van der Waals surface area contributed by atoms with Gasteiger partial charge in [-0.15, -0.1) is 11.3 Å². The highest BCUT2D eigenvalue weighted by Crippen LogP contribution is 2.37. The van der Waals surface area contributed by atoms with Crippen LogP contribution in [-0.4, -0.2) is 37.0 Å². The summed E-state index contributed by atoms with van der Waals surface area (Å²) in [6.07, 6.45) is -0.746. The zero-order valence-corrected chi connectivity index (χ0v) is 18.6. The molecule has 168 valence electrons. The van der Waals surface area contributed by atoms with E-state index in [1.54, 1.807) is 38.4 Å². The Labute approximate surface area is 185 Å². The van der Waals surface area contributed by atoms with E-state index >= 15 is 0 Å². The number of aliphatic hydroxyl groups excluding tert-OH is 1. The van der Waals surface area contributed by atoms with Gasteiger partial charge in [0.15, 0.2) is 5.82 Å². The van der Waals surface area contributed by atoms with E-state index < -0.39 is 29.8 Å². The van der Waals surface area contributed by atoms with Gasteiger partial charge in [-0.25, -0.2) is 13.5 Å². The minimum atomic E-state index is -0.765. The number of nitrogens with one attached hydrogen (secondary N) is 1. The highest BCUT2D eigenvalue weighted by molar-refractivity contribution is 7.20. The van der Waals surface area contributed by atoms with Crippen LogP contribution in [0.25, 0.3) is 21.5 Å². The molecule has 32 heavy (non-hydrogen) atoms. The molecule has 0 saturated heterocycles. The van der Waals surface area contributed by atoms with Gasteiger partial charge in [0.25, 0.3) is 5.91 Å². The Balaban J connectivity index is 1.76. The summed E-state index contributed by atoms with van der Waals surface area (Å²) in [5, 5.41) is 21.6. The maximum atomic E-state index is 14.5. The van der Waals surface area contributed by atoms with Crippen molar-refractivity contribution in [3.63, 3.8) is 0 Å². The number of aryl methyl sites for hydroxylation is 1. The van der Waals surface area contributed by atoms with Gasteiger partial charge in [-0.05, 0) is 45.9 Å². The third-order valence-electron chi connectivity index (χ3n) is 5.14. The molecule has 0 radical (unpaired) electrons. The standard InChI is InChI=1S/C21H21F2N5O3S/c1-9(20-25-12(4)27-31-20)24-19(30)17-8-15-18(14-6-5-13(22)7-16(14)23)26-28(21(15)32-17)10(2)11(3)29/h5-11,29H,1-4H3,(H,24,30)/t9-,10?,11?/m1/s1. The highest BCUT2D eigenvalue weighted by atomic mass is 32.1. The fraction of sp³-hybridized carbons (Fsp3) is 0.333. The Hall–Kier alpha value is -3.18. The van der Waals surface area contributed by atoms with Crippen molar-refractivity contribution in [1.82, 2.24) is 25.2 Å². The first-order valence-electron chi connectivity index (χ1n) is 9.92. The maximum Gasteiger partial charge on any atom is 0.262 e. The second kappa shape index (κ2) is 8.40. The molecule has 4 rings (SSSR count). The number of fused-ring (bicyclic) bond motifs is 1. The van der Waals surface area contributed by atoms with E-state index in [2.05, 4.69) is 20.6 Å². The van der Waals surface area contributed by atoms with Crippen molar-refractivity contribution in [2.75, 3.05) is 0 Å². The largest absolute Gasteiger partial charge is 0.391 e. The van der Waals surface area contributed by atoms with Crippen LogP contribution in [0.2, 0.25) is 0 Å². The van der Waals surface area contributed by atoms with Crippen LogP contribution in [0.5, 0.6) is 0 Å². The highest BCUT2D eigenvalue weighted by Gasteiger charge is 2.25. The number of hydrogen-bond acceptors (Lipinski definition) is 7. The first kappa shape index (κ1) is 22.0. The smallest absolute Gasteiger partial charge is 0.262 e. The molecule has 8 nitrogen and oxygen atoms in total. The number of hydrogen-bond donors (Lipinski definition) is 2. The van der Waals surface area contributed by atoms with Crippen molar-refractivity contribution in [1.29, 1.82) is 0 Å². The predicted molar refractivity (Wildman–Crippen MR) is 114 cm³/mol. The number of rotatable bonds is 6. The number of nitrogens with zero attached hydrogens (tertiary/aromatic N) is 4. The van der Waals surface area contributed by atoms with Crippen LogP contribution in [0.3, 0.4) is 0 Å². The summed E-state index contributed by atoms with van der Waals surface area (Å²) in [5.41, 5.74) is 0.369. The lowest BCUT2D eigenvalue weighted by Crippen LogP contribution is -2.26. The summed E-state index contributed by atoms with van der Waals surface area (Å²) in [4.78, 5) is 17.9. The Bertz CT molecular complexity index is 1300.